The molecule has 2 aromatic heterocycles. The quantitative estimate of drug-likeness (QED) is 0.420. The van der Waals surface area contributed by atoms with Gasteiger partial charge in [0, 0.05) is 5.69 Å². The monoisotopic (exact) mass is 416 g/mol. The van der Waals surface area contributed by atoms with Crippen LogP contribution in [0.3, 0.4) is 0 Å². The van der Waals surface area contributed by atoms with Gasteiger partial charge in [-0.3, -0.25) is 9.69 Å². The minimum Gasteiger partial charge on any atom is -0.459 e. The second-order valence-corrected chi connectivity index (χ2v) is 7.18. The predicted octanol–water partition coefficient (Wildman–Crippen LogP) is 4.85. The molecule has 7 heteroatoms. The summed E-state index contributed by atoms with van der Waals surface area (Å²) in [4.78, 5) is 14.6. The molecular formula is C24H24N4O3. The highest BCUT2D eigenvalue weighted by Crippen LogP contribution is 2.21. The average molecular weight is 416 g/mol. The van der Waals surface area contributed by atoms with E-state index in [-0.39, 0.29) is 12.5 Å². The van der Waals surface area contributed by atoms with Crippen LogP contribution in [0, 0.1) is 0 Å². The second kappa shape index (κ2) is 9.86. The first-order valence-corrected chi connectivity index (χ1v) is 10.2. The van der Waals surface area contributed by atoms with Crippen LogP contribution in [0.5, 0.6) is 0 Å². The third-order valence-electron chi connectivity index (χ3n) is 4.74. The molecule has 0 atom stereocenters. The van der Waals surface area contributed by atoms with E-state index in [4.69, 9.17) is 8.83 Å². The highest BCUT2D eigenvalue weighted by Gasteiger charge is 2.16. The van der Waals surface area contributed by atoms with Gasteiger partial charge in [-0.1, -0.05) is 49.4 Å². The smallest absolute Gasteiger partial charge is 0.283 e. The van der Waals surface area contributed by atoms with E-state index in [2.05, 4.69) is 34.6 Å². The van der Waals surface area contributed by atoms with Gasteiger partial charge in [-0.15, -0.1) is 10.2 Å². The van der Waals surface area contributed by atoms with Gasteiger partial charge in [-0.2, -0.15) is 0 Å². The highest BCUT2D eigenvalue weighted by atomic mass is 16.4. The van der Waals surface area contributed by atoms with Crippen molar-refractivity contribution in [2.75, 3.05) is 18.4 Å². The van der Waals surface area contributed by atoms with Crippen LogP contribution in [0.25, 0.3) is 22.8 Å². The van der Waals surface area contributed by atoms with E-state index in [1.165, 1.54) is 0 Å². The summed E-state index contributed by atoms with van der Waals surface area (Å²) in [6.45, 7) is 3.42. The third-order valence-corrected chi connectivity index (χ3v) is 4.74. The Morgan fingerprint density at radius 2 is 1.74 bits per heavy atom. The standard InChI is InChI=1S/C24H24N4O3/c1-2-14-28(17-23-26-27-24(31-23)21-9-6-15-30-21)16-22(29)25-20-12-10-19(11-13-20)18-7-4-3-5-8-18/h3-13,15H,2,14,16-17H2,1H3,(H,25,29). The highest BCUT2D eigenvalue weighted by molar-refractivity contribution is 5.92. The molecule has 0 aliphatic heterocycles. The lowest BCUT2D eigenvalue weighted by molar-refractivity contribution is -0.117. The Balaban J connectivity index is 1.35. The van der Waals surface area contributed by atoms with Crippen LogP contribution in [0.15, 0.2) is 81.8 Å². The van der Waals surface area contributed by atoms with Gasteiger partial charge in [0.05, 0.1) is 19.4 Å². The Bertz CT molecular complexity index is 1090. The third kappa shape index (κ3) is 5.46. The Morgan fingerprint density at radius 1 is 0.968 bits per heavy atom. The van der Waals surface area contributed by atoms with Crippen LogP contribution in [0.2, 0.25) is 0 Å². The lowest BCUT2D eigenvalue weighted by Crippen LogP contribution is -2.33. The number of furan rings is 1. The molecule has 0 bridgehead atoms. The molecule has 7 nitrogen and oxygen atoms in total. The Hall–Kier alpha value is -3.71. The van der Waals surface area contributed by atoms with Crippen LogP contribution in [-0.2, 0) is 11.3 Å². The lowest BCUT2D eigenvalue weighted by atomic mass is 10.1. The molecular weight excluding hydrogens is 392 g/mol. The maximum absolute atomic E-state index is 12.6. The van der Waals surface area contributed by atoms with Crippen molar-refractivity contribution in [3.8, 4) is 22.8 Å². The van der Waals surface area contributed by atoms with Crippen molar-refractivity contribution in [2.24, 2.45) is 0 Å². The summed E-state index contributed by atoms with van der Waals surface area (Å²) in [5.74, 6) is 1.21. The van der Waals surface area contributed by atoms with Crippen molar-refractivity contribution in [3.05, 3.63) is 78.9 Å². The van der Waals surface area contributed by atoms with E-state index in [0.29, 0.717) is 24.1 Å². The fourth-order valence-electron chi connectivity index (χ4n) is 3.32. The van der Waals surface area contributed by atoms with Crippen LogP contribution < -0.4 is 5.32 Å². The van der Waals surface area contributed by atoms with Gasteiger partial charge in [-0.25, -0.2) is 0 Å². The first kappa shape index (κ1) is 20.6. The number of nitrogens with one attached hydrogen (secondary N) is 1. The molecule has 0 radical (unpaired) electrons. The molecule has 1 N–H and O–H groups in total. The van der Waals surface area contributed by atoms with Crippen LogP contribution in [0.4, 0.5) is 5.69 Å². The van der Waals surface area contributed by atoms with E-state index in [1.807, 2.05) is 47.4 Å². The zero-order chi connectivity index (χ0) is 21.5. The summed E-state index contributed by atoms with van der Waals surface area (Å²) in [5, 5.41) is 11.0. The second-order valence-electron chi connectivity index (χ2n) is 7.18. The number of hydrogen-bond donors (Lipinski definition) is 1. The zero-order valence-corrected chi connectivity index (χ0v) is 17.3. The molecule has 0 unspecified atom stereocenters. The summed E-state index contributed by atoms with van der Waals surface area (Å²) < 4.78 is 10.9. The largest absolute Gasteiger partial charge is 0.459 e. The molecule has 0 saturated carbocycles. The van der Waals surface area contributed by atoms with Crippen LogP contribution in [0.1, 0.15) is 19.2 Å². The van der Waals surface area contributed by atoms with E-state index in [9.17, 15) is 4.79 Å². The van der Waals surface area contributed by atoms with E-state index < -0.39 is 0 Å². The van der Waals surface area contributed by atoms with Gasteiger partial charge in [0.2, 0.25) is 11.8 Å². The summed E-state index contributed by atoms with van der Waals surface area (Å²) in [7, 11) is 0. The summed E-state index contributed by atoms with van der Waals surface area (Å²) in [6, 6.07) is 21.5. The molecule has 0 spiro atoms. The van der Waals surface area contributed by atoms with Gasteiger partial charge < -0.3 is 14.2 Å². The number of hydrogen-bond acceptors (Lipinski definition) is 6. The Labute approximate surface area is 180 Å². The maximum atomic E-state index is 12.6. The Morgan fingerprint density at radius 3 is 2.45 bits per heavy atom. The van der Waals surface area contributed by atoms with Crippen molar-refractivity contribution < 1.29 is 13.6 Å². The summed E-state index contributed by atoms with van der Waals surface area (Å²) in [5.41, 5.74) is 3.01. The lowest BCUT2D eigenvalue weighted by Gasteiger charge is -2.19. The van der Waals surface area contributed by atoms with Gasteiger partial charge in [0.1, 0.15) is 0 Å². The van der Waals surface area contributed by atoms with Crippen molar-refractivity contribution in [1.82, 2.24) is 15.1 Å². The number of benzene rings is 2. The first-order valence-electron chi connectivity index (χ1n) is 10.2. The van der Waals surface area contributed by atoms with Gasteiger partial charge in [0.25, 0.3) is 5.89 Å². The van der Waals surface area contributed by atoms with E-state index >= 15 is 0 Å². The zero-order valence-electron chi connectivity index (χ0n) is 17.3. The van der Waals surface area contributed by atoms with Crippen LogP contribution in [-0.4, -0.2) is 34.1 Å². The molecule has 4 aromatic rings. The van der Waals surface area contributed by atoms with Crippen molar-refractivity contribution in [1.29, 1.82) is 0 Å². The molecule has 0 aliphatic carbocycles. The van der Waals surface area contributed by atoms with Gasteiger partial charge >= 0.3 is 0 Å². The van der Waals surface area contributed by atoms with Gasteiger partial charge in [0.15, 0.2) is 5.76 Å². The fraction of sp³-hybridized carbons (Fsp3) is 0.208. The topological polar surface area (TPSA) is 84.4 Å². The molecule has 1 amide bonds. The van der Waals surface area contributed by atoms with E-state index in [1.54, 1.807) is 18.4 Å². The molecule has 158 valence electrons. The molecule has 0 aliphatic rings. The first-order chi connectivity index (χ1) is 15.2. The van der Waals surface area contributed by atoms with E-state index in [0.717, 1.165) is 29.8 Å². The minimum absolute atomic E-state index is 0.0910. The number of amides is 1. The minimum atomic E-state index is -0.0910. The number of aromatic nitrogens is 2. The van der Waals surface area contributed by atoms with Gasteiger partial charge in [-0.05, 0) is 48.4 Å². The SMILES string of the molecule is CCCN(CC(=O)Nc1ccc(-c2ccccc2)cc1)Cc1nnc(-c2ccco2)o1. The van der Waals surface area contributed by atoms with Crippen LogP contribution >= 0.6 is 0 Å². The average Bonchev–Trinajstić information content (AvgIpc) is 3.47. The number of carbonyl (C=O) groups is 1. The molecule has 4 rings (SSSR count). The van der Waals surface area contributed by atoms with Crippen molar-refractivity contribution in [2.45, 2.75) is 19.9 Å². The van der Waals surface area contributed by atoms with Crippen molar-refractivity contribution in [3.63, 3.8) is 0 Å². The maximum Gasteiger partial charge on any atom is 0.283 e. The summed E-state index contributed by atoms with van der Waals surface area (Å²) in [6.07, 6.45) is 2.46. The van der Waals surface area contributed by atoms with Crippen molar-refractivity contribution >= 4 is 11.6 Å². The predicted molar refractivity (Wildman–Crippen MR) is 118 cm³/mol. The summed E-state index contributed by atoms with van der Waals surface area (Å²) >= 11 is 0. The molecule has 2 aromatic carbocycles. The number of carbonyl (C=O) groups excluding carboxylic acids is 1. The number of anilines is 1. The number of nitrogens with zero attached hydrogens (tertiary/aromatic N) is 3. The normalized spacial score (nSPS) is 11.0. The molecule has 2 heterocycles. The fourth-order valence-corrected chi connectivity index (χ4v) is 3.32. The Kier molecular flexibility index (Phi) is 6.54. The number of rotatable bonds is 9. The molecule has 0 fully saturated rings. The molecule has 31 heavy (non-hydrogen) atoms. The molecule has 0 saturated heterocycles.